The highest BCUT2D eigenvalue weighted by molar-refractivity contribution is 7.19. The molecule has 3 rings (SSSR count). The van der Waals surface area contributed by atoms with Crippen molar-refractivity contribution in [2.24, 2.45) is 0 Å². The van der Waals surface area contributed by atoms with Crippen molar-refractivity contribution in [1.82, 2.24) is 4.98 Å². The van der Waals surface area contributed by atoms with Gasteiger partial charge in [0.25, 0.3) is 0 Å². The van der Waals surface area contributed by atoms with Gasteiger partial charge in [0.2, 0.25) is 5.91 Å². The van der Waals surface area contributed by atoms with E-state index in [1.165, 1.54) is 11.3 Å². The fourth-order valence-electron chi connectivity index (χ4n) is 2.40. The van der Waals surface area contributed by atoms with Crippen molar-refractivity contribution in [3.63, 3.8) is 0 Å². The van der Waals surface area contributed by atoms with Crippen LogP contribution in [0.25, 0.3) is 10.4 Å². The standard InChI is InChI=1S/C19H15N3OS/c1-13-3-2-4-14(9-13)10-18(23)22-19-16(12-20)11-17(24-19)15-5-7-21-8-6-15/h2-9,11H,10H2,1H3,(H,22,23). The van der Waals surface area contributed by atoms with Crippen LogP contribution < -0.4 is 5.32 Å². The number of carbonyl (C=O) groups is 1. The molecular weight excluding hydrogens is 318 g/mol. The van der Waals surface area contributed by atoms with E-state index in [9.17, 15) is 10.1 Å². The van der Waals surface area contributed by atoms with Crippen LogP contribution in [-0.4, -0.2) is 10.9 Å². The molecular formula is C19H15N3OS. The number of anilines is 1. The molecule has 0 saturated carbocycles. The summed E-state index contributed by atoms with van der Waals surface area (Å²) in [4.78, 5) is 17.2. The molecule has 0 atom stereocenters. The first-order valence-corrected chi connectivity index (χ1v) is 8.27. The minimum absolute atomic E-state index is 0.125. The Labute approximate surface area is 144 Å². The number of hydrogen-bond donors (Lipinski definition) is 1. The molecule has 2 aromatic heterocycles. The van der Waals surface area contributed by atoms with Gasteiger partial charge in [-0.05, 0) is 36.2 Å². The molecule has 0 radical (unpaired) electrons. The number of nitrogens with zero attached hydrogens (tertiary/aromatic N) is 2. The lowest BCUT2D eigenvalue weighted by Crippen LogP contribution is -2.14. The first-order valence-electron chi connectivity index (χ1n) is 7.45. The number of thiophene rings is 1. The summed E-state index contributed by atoms with van der Waals surface area (Å²) in [5.74, 6) is -0.125. The van der Waals surface area contributed by atoms with E-state index in [0.717, 1.165) is 21.6 Å². The molecule has 0 aliphatic rings. The number of nitrogens with one attached hydrogen (secondary N) is 1. The zero-order valence-electron chi connectivity index (χ0n) is 13.1. The van der Waals surface area contributed by atoms with Gasteiger partial charge in [0.15, 0.2) is 0 Å². The van der Waals surface area contributed by atoms with Crippen LogP contribution in [0.3, 0.4) is 0 Å². The number of carbonyl (C=O) groups excluding carboxylic acids is 1. The van der Waals surface area contributed by atoms with E-state index in [4.69, 9.17) is 0 Å². The van der Waals surface area contributed by atoms with E-state index in [1.807, 2.05) is 43.3 Å². The lowest BCUT2D eigenvalue weighted by molar-refractivity contribution is -0.115. The second kappa shape index (κ2) is 7.07. The van der Waals surface area contributed by atoms with Crippen LogP contribution in [0.5, 0.6) is 0 Å². The second-order valence-electron chi connectivity index (χ2n) is 5.42. The lowest BCUT2D eigenvalue weighted by Gasteiger charge is -2.04. The van der Waals surface area contributed by atoms with Crippen LogP contribution in [0.15, 0.2) is 54.9 Å². The molecule has 1 amide bonds. The van der Waals surface area contributed by atoms with E-state index in [0.29, 0.717) is 10.6 Å². The largest absolute Gasteiger partial charge is 0.316 e. The van der Waals surface area contributed by atoms with Gasteiger partial charge in [-0.1, -0.05) is 29.8 Å². The van der Waals surface area contributed by atoms with E-state index in [-0.39, 0.29) is 12.3 Å². The monoisotopic (exact) mass is 333 g/mol. The fourth-order valence-corrected chi connectivity index (χ4v) is 3.43. The van der Waals surface area contributed by atoms with Crippen LogP contribution >= 0.6 is 11.3 Å². The molecule has 3 aromatic rings. The van der Waals surface area contributed by atoms with Crippen molar-refractivity contribution in [2.75, 3.05) is 5.32 Å². The van der Waals surface area contributed by atoms with Gasteiger partial charge in [0.1, 0.15) is 11.1 Å². The summed E-state index contributed by atoms with van der Waals surface area (Å²) in [6, 6.07) is 15.5. The molecule has 0 spiro atoms. The zero-order valence-corrected chi connectivity index (χ0v) is 13.9. The van der Waals surface area contributed by atoms with Crippen LogP contribution in [0.1, 0.15) is 16.7 Å². The third kappa shape index (κ3) is 3.67. The normalized spacial score (nSPS) is 10.2. The number of rotatable bonds is 4. The number of aromatic nitrogens is 1. The molecule has 1 aromatic carbocycles. The van der Waals surface area contributed by atoms with Crippen molar-refractivity contribution in [2.45, 2.75) is 13.3 Å². The molecule has 0 unspecified atom stereocenters. The van der Waals surface area contributed by atoms with E-state index in [2.05, 4.69) is 16.4 Å². The zero-order chi connectivity index (χ0) is 16.9. The van der Waals surface area contributed by atoms with Crippen molar-refractivity contribution < 1.29 is 4.79 Å². The van der Waals surface area contributed by atoms with E-state index in [1.54, 1.807) is 18.5 Å². The smallest absolute Gasteiger partial charge is 0.229 e. The number of pyridine rings is 1. The van der Waals surface area contributed by atoms with Gasteiger partial charge < -0.3 is 5.32 Å². The Morgan fingerprint density at radius 3 is 2.75 bits per heavy atom. The molecule has 4 nitrogen and oxygen atoms in total. The molecule has 0 saturated heterocycles. The summed E-state index contributed by atoms with van der Waals surface area (Å²) in [6.07, 6.45) is 3.70. The Morgan fingerprint density at radius 2 is 2.04 bits per heavy atom. The third-order valence-corrected chi connectivity index (χ3v) is 4.62. The van der Waals surface area contributed by atoms with Crippen LogP contribution in [0.4, 0.5) is 5.00 Å². The number of nitriles is 1. The van der Waals surface area contributed by atoms with Gasteiger partial charge in [0, 0.05) is 17.3 Å². The summed E-state index contributed by atoms with van der Waals surface area (Å²) < 4.78 is 0. The number of amides is 1. The van der Waals surface area contributed by atoms with Crippen LogP contribution in [0, 0.1) is 18.3 Å². The maximum Gasteiger partial charge on any atom is 0.229 e. The van der Waals surface area contributed by atoms with Gasteiger partial charge in [-0.3, -0.25) is 9.78 Å². The highest BCUT2D eigenvalue weighted by atomic mass is 32.1. The van der Waals surface area contributed by atoms with Crippen LogP contribution in [-0.2, 0) is 11.2 Å². The molecule has 0 aliphatic carbocycles. The summed E-state index contributed by atoms with van der Waals surface area (Å²) >= 11 is 1.40. The molecule has 0 bridgehead atoms. The predicted octanol–water partition coefficient (Wildman–Crippen LogP) is 4.17. The second-order valence-corrected chi connectivity index (χ2v) is 6.47. The van der Waals surface area contributed by atoms with Gasteiger partial charge >= 0.3 is 0 Å². The maximum absolute atomic E-state index is 12.3. The third-order valence-electron chi connectivity index (χ3n) is 3.52. The highest BCUT2D eigenvalue weighted by Gasteiger charge is 2.13. The van der Waals surface area contributed by atoms with Crippen molar-refractivity contribution in [3.8, 4) is 16.5 Å². The summed E-state index contributed by atoms with van der Waals surface area (Å²) in [5, 5.41) is 12.8. The molecule has 118 valence electrons. The van der Waals surface area contributed by atoms with Gasteiger partial charge in [0.05, 0.1) is 12.0 Å². The highest BCUT2D eigenvalue weighted by Crippen LogP contribution is 2.34. The number of aryl methyl sites for hydroxylation is 1. The first kappa shape index (κ1) is 15.9. The summed E-state index contributed by atoms with van der Waals surface area (Å²) in [5.41, 5.74) is 3.53. The molecule has 1 N–H and O–H groups in total. The van der Waals surface area contributed by atoms with Crippen LogP contribution in [0.2, 0.25) is 0 Å². The molecule has 5 heteroatoms. The molecule has 2 heterocycles. The Kier molecular flexibility index (Phi) is 4.69. The minimum atomic E-state index is -0.125. The Morgan fingerprint density at radius 1 is 1.25 bits per heavy atom. The first-order chi connectivity index (χ1) is 11.7. The van der Waals surface area contributed by atoms with Gasteiger partial charge in [-0.15, -0.1) is 11.3 Å². The van der Waals surface area contributed by atoms with Crippen molar-refractivity contribution in [1.29, 1.82) is 5.26 Å². The maximum atomic E-state index is 12.3. The SMILES string of the molecule is Cc1cccc(CC(=O)Nc2sc(-c3ccncc3)cc2C#N)c1. The van der Waals surface area contributed by atoms with Gasteiger partial charge in [-0.25, -0.2) is 0 Å². The summed E-state index contributed by atoms with van der Waals surface area (Å²) in [7, 11) is 0. The van der Waals surface area contributed by atoms with E-state index < -0.39 is 0 Å². The molecule has 0 aliphatic heterocycles. The van der Waals surface area contributed by atoms with Crippen molar-refractivity contribution >= 4 is 22.2 Å². The van der Waals surface area contributed by atoms with Gasteiger partial charge in [-0.2, -0.15) is 5.26 Å². The molecule has 0 fully saturated rings. The molecule has 24 heavy (non-hydrogen) atoms. The average Bonchev–Trinajstić information content (AvgIpc) is 2.98. The quantitative estimate of drug-likeness (QED) is 0.779. The Hall–Kier alpha value is -2.97. The Bertz CT molecular complexity index is 910. The minimum Gasteiger partial charge on any atom is -0.316 e. The number of benzene rings is 1. The average molecular weight is 333 g/mol. The Balaban J connectivity index is 1.78. The van der Waals surface area contributed by atoms with Crippen molar-refractivity contribution in [3.05, 3.63) is 71.5 Å². The van der Waals surface area contributed by atoms with E-state index >= 15 is 0 Å². The summed E-state index contributed by atoms with van der Waals surface area (Å²) in [6.45, 7) is 2.00. The lowest BCUT2D eigenvalue weighted by atomic mass is 10.1. The topological polar surface area (TPSA) is 65.8 Å². The fraction of sp³-hybridized carbons (Fsp3) is 0.105. The predicted molar refractivity (Wildman–Crippen MR) is 95.8 cm³/mol. The number of hydrogen-bond acceptors (Lipinski definition) is 4.